The number of hydrogen-bond acceptors (Lipinski definition) is 5. The van der Waals surface area contributed by atoms with Gasteiger partial charge in [0.05, 0.1) is 6.61 Å². The number of nitrogens with one attached hydrogen (secondary N) is 2. The van der Waals surface area contributed by atoms with Gasteiger partial charge < -0.3 is 14.2 Å². The van der Waals surface area contributed by atoms with Gasteiger partial charge in [0.15, 0.2) is 5.78 Å². The molecule has 3 aliphatic rings. The third kappa shape index (κ3) is 3.64. The van der Waals surface area contributed by atoms with Crippen LogP contribution in [0.2, 0.25) is 0 Å². The first-order valence-corrected chi connectivity index (χ1v) is 9.83. The van der Waals surface area contributed by atoms with E-state index in [9.17, 15) is 9.59 Å². The maximum Gasteiger partial charge on any atom is 0.222 e. The molecule has 1 amide bonds. The fourth-order valence-electron chi connectivity index (χ4n) is 4.18. The van der Waals surface area contributed by atoms with Crippen molar-refractivity contribution in [3.05, 3.63) is 18.0 Å². The van der Waals surface area contributed by atoms with Gasteiger partial charge in [0.2, 0.25) is 5.91 Å². The molecule has 2 N–H and O–H groups in total. The van der Waals surface area contributed by atoms with Crippen LogP contribution in [0.15, 0.2) is 12.3 Å². The van der Waals surface area contributed by atoms with Crippen LogP contribution in [0, 0.1) is 0 Å². The van der Waals surface area contributed by atoms with Crippen LogP contribution in [0.1, 0.15) is 50.4 Å². The lowest BCUT2D eigenvalue weighted by atomic mass is 10.0. The molecule has 0 spiro atoms. The number of amides is 1. The second-order valence-corrected chi connectivity index (χ2v) is 7.44. The molecule has 0 bridgehead atoms. The summed E-state index contributed by atoms with van der Waals surface area (Å²) in [5, 5.41) is 6.73. The molecule has 4 heterocycles. The molecule has 142 valence electrons. The lowest BCUT2D eigenvalue weighted by molar-refractivity contribution is -0.132. The summed E-state index contributed by atoms with van der Waals surface area (Å²) in [5.74, 6) is 1.33. The number of fused-ring (bicyclic) bond motifs is 3. The van der Waals surface area contributed by atoms with Crippen LogP contribution in [-0.4, -0.2) is 53.4 Å². The zero-order chi connectivity index (χ0) is 17.9. The number of nitrogens with zero attached hydrogens (tertiary/aromatic N) is 2. The number of aromatic nitrogens is 1. The third-order valence-electron chi connectivity index (χ3n) is 5.61. The van der Waals surface area contributed by atoms with Crippen molar-refractivity contribution >= 4 is 11.7 Å². The molecule has 0 radical (unpaired) electrons. The van der Waals surface area contributed by atoms with Crippen molar-refractivity contribution in [3.8, 4) is 5.75 Å². The van der Waals surface area contributed by atoms with Gasteiger partial charge in [-0.05, 0) is 25.7 Å². The van der Waals surface area contributed by atoms with Crippen molar-refractivity contribution < 1.29 is 14.3 Å². The molecular weight excluding hydrogens is 332 g/mol. The zero-order valence-electron chi connectivity index (χ0n) is 15.2. The van der Waals surface area contributed by atoms with Gasteiger partial charge in [-0.15, -0.1) is 0 Å². The number of Topliss-reactive ketones (excluding diaryl/α,β-unsaturated/α-hetero) is 1. The quantitative estimate of drug-likeness (QED) is 0.772. The number of carbonyl (C=O) groups is 2. The fourth-order valence-corrected chi connectivity index (χ4v) is 4.18. The Morgan fingerprint density at radius 2 is 2.08 bits per heavy atom. The Bertz CT molecular complexity index is 666. The van der Waals surface area contributed by atoms with E-state index in [1.54, 1.807) is 0 Å². The standard InChI is InChI=1S/C19H28N4O3/c24-16-6-7-20-19-18(16)21-12-14-11-15(13-23(14)19)26-10-4-5-17(25)22-8-2-1-3-9-22/h11,13,18-21H,1-10,12H2. The van der Waals surface area contributed by atoms with E-state index in [0.29, 0.717) is 32.5 Å². The number of likely N-dealkylation sites (tertiary alicyclic amines) is 1. The van der Waals surface area contributed by atoms with Crippen LogP contribution in [0.3, 0.4) is 0 Å². The molecule has 26 heavy (non-hydrogen) atoms. The Morgan fingerprint density at radius 3 is 2.92 bits per heavy atom. The predicted molar refractivity (Wildman–Crippen MR) is 96.9 cm³/mol. The second-order valence-electron chi connectivity index (χ2n) is 7.44. The van der Waals surface area contributed by atoms with Gasteiger partial charge in [-0.3, -0.25) is 20.2 Å². The van der Waals surface area contributed by atoms with Gasteiger partial charge in [-0.25, -0.2) is 0 Å². The van der Waals surface area contributed by atoms with E-state index in [4.69, 9.17) is 4.74 Å². The van der Waals surface area contributed by atoms with E-state index in [-0.39, 0.29) is 23.9 Å². The maximum absolute atomic E-state index is 12.2. The number of carbonyl (C=O) groups excluding carboxylic acids is 2. The predicted octanol–water partition coefficient (Wildman–Crippen LogP) is 1.19. The third-order valence-corrected chi connectivity index (χ3v) is 5.61. The van der Waals surface area contributed by atoms with Crippen LogP contribution < -0.4 is 15.4 Å². The van der Waals surface area contributed by atoms with Gasteiger partial charge in [0, 0.05) is 57.0 Å². The smallest absolute Gasteiger partial charge is 0.222 e. The van der Waals surface area contributed by atoms with Gasteiger partial charge in [-0.2, -0.15) is 0 Å². The number of ether oxygens (including phenoxy) is 1. The minimum Gasteiger partial charge on any atom is -0.492 e. The molecule has 2 saturated heterocycles. The Labute approximate surface area is 154 Å². The normalized spacial score (nSPS) is 25.5. The van der Waals surface area contributed by atoms with E-state index >= 15 is 0 Å². The first-order chi connectivity index (χ1) is 12.7. The Morgan fingerprint density at radius 1 is 1.23 bits per heavy atom. The zero-order valence-corrected chi connectivity index (χ0v) is 15.2. The monoisotopic (exact) mass is 360 g/mol. The lowest BCUT2D eigenvalue weighted by Gasteiger charge is -2.37. The Balaban J connectivity index is 1.27. The molecule has 2 fully saturated rings. The summed E-state index contributed by atoms with van der Waals surface area (Å²) in [7, 11) is 0. The first kappa shape index (κ1) is 17.5. The average Bonchev–Trinajstić information content (AvgIpc) is 3.09. The Kier molecular flexibility index (Phi) is 5.26. The van der Waals surface area contributed by atoms with Crippen molar-refractivity contribution in [2.24, 2.45) is 0 Å². The average molecular weight is 360 g/mol. The van der Waals surface area contributed by atoms with E-state index in [1.165, 1.54) is 6.42 Å². The summed E-state index contributed by atoms with van der Waals surface area (Å²) in [6.07, 6.45) is 7.32. The number of hydrogen-bond donors (Lipinski definition) is 2. The molecule has 3 aliphatic heterocycles. The minimum atomic E-state index is -0.154. The molecule has 0 saturated carbocycles. The van der Waals surface area contributed by atoms with Crippen LogP contribution in [-0.2, 0) is 16.1 Å². The summed E-state index contributed by atoms with van der Waals surface area (Å²) in [6.45, 7) is 3.75. The molecule has 0 aromatic carbocycles. The summed E-state index contributed by atoms with van der Waals surface area (Å²) in [6, 6.07) is 1.87. The van der Waals surface area contributed by atoms with Crippen LogP contribution in [0.4, 0.5) is 0 Å². The highest BCUT2D eigenvalue weighted by Gasteiger charge is 2.36. The van der Waals surface area contributed by atoms with E-state index in [2.05, 4.69) is 15.2 Å². The summed E-state index contributed by atoms with van der Waals surface area (Å²) < 4.78 is 7.99. The highest BCUT2D eigenvalue weighted by Crippen LogP contribution is 2.28. The number of ketones is 1. The van der Waals surface area contributed by atoms with Crippen LogP contribution in [0.25, 0.3) is 0 Å². The summed E-state index contributed by atoms with van der Waals surface area (Å²) in [5.41, 5.74) is 1.12. The highest BCUT2D eigenvalue weighted by atomic mass is 16.5. The second kappa shape index (κ2) is 7.80. The molecule has 7 nitrogen and oxygen atoms in total. The molecular formula is C19H28N4O3. The van der Waals surface area contributed by atoms with E-state index in [1.807, 2.05) is 17.2 Å². The Hall–Kier alpha value is -1.86. The van der Waals surface area contributed by atoms with Crippen molar-refractivity contribution in [1.82, 2.24) is 20.1 Å². The van der Waals surface area contributed by atoms with Gasteiger partial charge in [-0.1, -0.05) is 0 Å². The van der Waals surface area contributed by atoms with Crippen LogP contribution >= 0.6 is 0 Å². The van der Waals surface area contributed by atoms with Crippen molar-refractivity contribution in [1.29, 1.82) is 0 Å². The first-order valence-electron chi connectivity index (χ1n) is 9.83. The molecule has 1 aromatic heterocycles. The topological polar surface area (TPSA) is 75.6 Å². The van der Waals surface area contributed by atoms with Crippen molar-refractivity contribution in [2.75, 3.05) is 26.2 Å². The number of piperidine rings is 2. The summed E-state index contributed by atoms with van der Waals surface area (Å²) in [4.78, 5) is 26.2. The molecule has 7 heteroatoms. The maximum atomic E-state index is 12.2. The van der Waals surface area contributed by atoms with Gasteiger partial charge in [0.1, 0.15) is 18.0 Å². The SMILES string of the molecule is O=C1CCNC2C1NCc1cc(OCCCC(=O)N3CCCCC3)cn12. The minimum absolute atomic E-state index is 0.0296. The summed E-state index contributed by atoms with van der Waals surface area (Å²) >= 11 is 0. The molecule has 2 unspecified atom stereocenters. The van der Waals surface area contributed by atoms with Crippen molar-refractivity contribution in [2.45, 2.75) is 57.3 Å². The molecule has 0 aliphatic carbocycles. The molecule has 1 aromatic rings. The number of rotatable bonds is 5. The van der Waals surface area contributed by atoms with E-state index in [0.717, 1.165) is 43.8 Å². The molecule has 4 rings (SSSR count). The highest BCUT2D eigenvalue weighted by molar-refractivity contribution is 5.85. The van der Waals surface area contributed by atoms with Gasteiger partial charge >= 0.3 is 0 Å². The van der Waals surface area contributed by atoms with Crippen molar-refractivity contribution in [3.63, 3.8) is 0 Å². The largest absolute Gasteiger partial charge is 0.492 e. The molecule has 2 atom stereocenters. The fraction of sp³-hybridized carbons (Fsp3) is 0.684. The van der Waals surface area contributed by atoms with Gasteiger partial charge in [0.25, 0.3) is 0 Å². The van der Waals surface area contributed by atoms with E-state index < -0.39 is 0 Å². The van der Waals surface area contributed by atoms with Crippen LogP contribution in [0.5, 0.6) is 5.75 Å². The lowest BCUT2D eigenvalue weighted by Crippen LogP contribution is -2.56.